The lowest BCUT2D eigenvalue weighted by Crippen LogP contribution is -2.17. The third kappa shape index (κ3) is 4.62. The van der Waals surface area contributed by atoms with E-state index in [1.807, 2.05) is 6.07 Å². The first-order valence-corrected chi connectivity index (χ1v) is 10.9. The Labute approximate surface area is 175 Å². The summed E-state index contributed by atoms with van der Waals surface area (Å²) in [7, 11) is 0. The molecule has 0 saturated heterocycles. The van der Waals surface area contributed by atoms with Crippen molar-refractivity contribution < 1.29 is 5.11 Å². The van der Waals surface area contributed by atoms with Gasteiger partial charge < -0.3 is 5.11 Å². The number of aryl methyl sites for hydroxylation is 4. The van der Waals surface area contributed by atoms with E-state index in [0.29, 0.717) is 6.42 Å². The van der Waals surface area contributed by atoms with Gasteiger partial charge in [0.05, 0.1) is 6.10 Å². The molecule has 4 rings (SSSR count). The minimum Gasteiger partial charge on any atom is -0.388 e. The van der Waals surface area contributed by atoms with Crippen molar-refractivity contribution in [1.29, 1.82) is 0 Å². The first kappa shape index (κ1) is 19.9. The van der Waals surface area contributed by atoms with Gasteiger partial charge in [-0.2, -0.15) is 0 Å². The molecule has 1 unspecified atom stereocenters. The van der Waals surface area contributed by atoms with E-state index < -0.39 is 6.10 Å². The molecular formula is C28H32O. The van der Waals surface area contributed by atoms with Gasteiger partial charge in [0.2, 0.25) is 0 Å². The summed E-state index contributed by atoms with van der Waals surface area (Å²) in [6.45, 7) is 6.85. The molecule has 1 atom stereocenters. The predicted molar refractivity (Wildman–Crippen MR) is 122 cm³/mol. The molecule has 1 heteroatoms. The quantitative estimate of drug-likeness (QED) is 0.575. The SMILES string of the molecule is CC(C)(C)c1cc2c(C(O)Cc3ccccc3)c(c1)CCc1cccc(c1)CC2. The van der Waals surface area contributed by atoms with Gasteiger partial charge in [0.15, 0.2) is 0 Å². The summed E-state index contributed by atoms with van der Waals surface area (Å²) in [6.07, 6.45) is 4.19. The maximum Gasteiger partial charge on any atom is 0.0835 e. The number of benzene rings is 3. The number of hydrogen-bond acceptors (Lipinski definition) is 1. The Morgan fingerprint density at radius 2 is 1.34 bits per heavy atom. The summed E-state index contributed by atoms with van der Waals surface area (Å²) in [5.74, 6) is 0. The van der Waals surface area contributed by atoms with Crippen LogP contribution in [0.1, 0.15) is 65.8 Å². The number of aliphatic hydroxyl groups excluding tert-OH is 1. The molecule has 0 heterocycles. The highest BCUT2D eigenvalue weighted by atomic mass is 16.3. The molecule has 0 amide bonds. The second-order valence-corrected chi connectivity index (χ2v) is 9.48. The number of rotatable bonds is 3. The van der Waals surface area contributed by atoms with Crippen LogP contribution < -0.4 is 0 Å². The van der Waals surface area contributed by atoms with E-state index in [1.54, 1.807) is 0 Å². The minimum absolute atomic E-state index is 0.102. The number of aliphatic hydroxyl groups is 1. The fourth-order valence-corrected chi connectivity index (χ4v) is 4.49. The molecule has 29 heavy (non-hydrogen) atoms. The smallest absolute Gasteiger partial charge is 0.0835 e. The van der Waals surface area contributed by atoms with Gasteiger partial charge in [-0.1, -0.05) is 87.5 Å². The molecule has 1 aliphatic carbocycles. The third-order valence-corrected chi connectivity index (χ3v) is 6.18. The van der Waals surface area contributed by atoms with Gasteiger partial charge in [-0.25, -0.2) is 0 Å². The van der Waals surface area contributed by atoms with Crippen LogP contribution in [-0.4, -0.2) is 5.11 Å². The van der Waals surface area contributed by atoms with Gasteiger partial charge in [-0.05, 0) is 70.0 Å². The molecule has 0 aromatic heterocycles. The lowest BCUT2D eigenvalue weighted by molar-refractivity contribution is 0.176. The molecule has 150 valence electrons. The summed E-state index contributed by atoms with van der Waals surface area (Å²) in [5.41, 5.74) is 9.28. The van der Waals surface area contributed by atoms with Crippen molar-refractivity contribution in [3.05, 3.63) is 106 Å². The highest BCUT2D eigenvalue weighted by molar-refractivity contribution is 5.45. The van der Waals surface area contributed by atoms with Gasteiger partial charge in [0.1, 0.15) is 0 Å². The lowest BCUT2D eigenvalue weighted by atomic mass is 9.79. The molecular weight excluding hydrogens is 352 g/mol. The molecule has 1 aliphatic rings. The van der Waals surface area contributed by atoms with Crippen molar-refractivity contribution >= 4 is 0 Å². The average Bonchev–Trinajstić information content (AvgIpc) is 2.70. The number of fused-ring (bicyclic) bond motifs is 4. The van der Waals surface area contributed by atoms with E-state index in [4.69, 9.17) is 0 Å². The van der Waals surface area contributed by atoms with E-state index in [2.05, 4.69) is 81.4 Å². The second kappa shape index (κ2) is 8.16. The van der Waals surface area contributed by atoms with Crippen molar-refractivity contribution in [2.75, 3.05) is 0 Å². The van der Waals surface area contributed by atoms with Crippen LogP contribution in [0.3, 0.4) is 0 Å². The molecule has 0 fully saturated rings. The summed E-state index contributed by atoms with van der Waals surface area (Å²) in [5, 5.41) is 11.3. The van der Waals surface area contributed by atoms with Crippen LogP contribution in [0.15, 0.2) is 66.7 Å². The van der Waals surface area contributed by atoms with Crippen LogP contribution >= 0.6 is 0 Å². The van der Waals surface area contributed by atoms with Gasteiger partial charge in [-0.15, -0.1) is 0 Å². The van der Waals surface area contributed by atoms with Crippen LogP contribution in [-0.2, 0) is 37.5 Å². The summed E-state index contributed by atoms with van der Waals surface area (Å²) >= 11 is 0. The molecule has 4 bridgehead atoms. The summed E-state index contributed by atoms with van der Waals surface area (Å²) < 4.78 is 0. The maximum atomic E-state index is 11.3. The zero-order chi connectivity index (χ0) is 20.4. The van der Waals surface area contributed by atoms with Crippen molar-refractivity contribution in [1.82, 2.24) is 0 Å². The van der Waals surface area contributed by atoms with Gasteiger partial charge >= 0.3 is 0 Å². The molecule has 0 saturated carbocycles. The van der Waals surface area contributed by atoms with Crippen molar-refractivity contribution in [3.8, 4) is 0 Å². The van der Waals surface area contributed by atoms with Gasteiger partial charge in [0.25, 0.3) is 0 Å². The molecule has 3 aromatic carbocycles. The Bertz CT molecular complexity index is 934. The topological polar surface area (TPSA) is 20.2 Å². The Morgan fingerprint density at radius 3 is 1.90 bits per heavy atom. The van der Waals surface area contributed by atoms with Crippen LogP contribution in [0.4, 0.5) is 0 Å². The van der Waals surface area contributed by atoms with Crippen molar-refractivity contribution in [3.63, 3.8) is 0 Å². The van der Waals surface area contributed by atoms with E-state index in [1.165, 1.54) is 38.9 Å². The molecule has 1 nitrogen and oxygen atoms in total. The molecule has 1 N–H and O–H groups in total. The highest BCUT2D eigenvalue weighted by Crippen LogP contribution is 2.34. The molecule has 0 radical (unpaired) electrons. The Balaban J connectivity index is 1.78. The summed E-state index contributed by atoms with van der Waals surface area (Å²) in [4.78, 5) is 0. The fourth-order valence-electron chi connectivity index (χ4n) is 4.49. The number of hydrogen-bond donors (Lipinski definition) is 1. The van der Waals surface area contributed by atoms with Crippen LogP contribution in [0.5, 0.6) is 0 Å². The van der Waals surface area contributed by atoms with E-state index in [-0.39, 0.29) is 5.41 Å². The molecule has 0 aliphatic heterocycles. The molecule has 3 aromatic rings. The Kier molecular flexibility index (Phi) is 5.61. The van der Waals surface area contributed by atoms with Crippen LogP contribution in [0.2, 0.25) is 0 Å². The predicted octanol–water partition coefficient (Wildman–Crippen LogP) is 6.14. The standard InChI is InChI=1S/C28H32O/c1-28(2,3)25-18-23-14-12-21-10-7-11-22(16-21)13-15-24(19-25)27(23)26(29)17-20-8-5-4-6-9-20/h4-11,16,18-19,26,29H,12-15,17H2,1-3H3. The van der Waals surface area contributed by atoms with Gasteiger partial charge in [0, 0.05) is 6.42 Å². The zero-order valence-corrected chi connectivity index (χ0v) is 17.9. The third-order valence-electron chi connectivity index (χ3n) is 6.18. The van der Waals surface area contributed by atoms with Crippen LogP contribution in [0, 0.1) is 0 Å². The maximum absolute atomic E-state index is 11.3. The van der Waals surface area contributed by atoms with Gasteiger partial charge in [-0.3, -0.25) is 0 Å². The largest absolute Gasteiger partial charge is 0.388 e. The normalized spacial score (nSPS) is 15.0. The Morgan fingerprint density at radius 1 is 0.759 bits per heavy atom. The van der Waals surface area contributed by atoms with E-state index in [0.717, 1.165) is 25.7 Å². The van der Waals surface area contributed by atoms with E-state index in [9.17, 15) is 5.11 Å². The lowest BCUT2D eigenvalue weighted by Gasteiger charge is -2.27. The van der Waals surface area contributed by atoms with Crippen molar-refractivity contribution in [2.24, 2.45) is 0 Å². The first-order valence-electron chi connectivity index (χ1n) is 10.9. The second-order valence-electron chi connectivity index (χ2n) is 9.48. The average molecular weight is 385 g/mol. The monoisotopic (exact) mass is 384 g/mol. The summed E-state index contributed by atoms with van der Waals surface area (Å²) in [6, 6.07) is 24.1. The first-order chi connectivity index (χ1) is 13.9. The van der Waals surface area contributed by atoms with E-state index >= 15 is 0 Å². The zero-order valence-electron chi connectivity index (χ0n) is 17.9. The molecule has 0 spiro atoms. The highest BCUT2D eigenvalue weighted by Gasteiger charge is 2.23. The van der Waals surface area contributed by atoms with Crippen molar-refractivity contribution in [2.45, 2.75) is 64.4 Å². The minimum atomic E-state index is -0.464. The fraction of sp³-hybridized carbons (Fsp3) is 0.357. The Hall–Kier alpha value is -2.38. The van der Waals surface area contributed by atoms with Crippen LogP contribution in [0.25, 0.3) is 0 Å².